The highest BCUT2D eigenvalue weighted by Gasteiger charge is 2.20. The summed E-state index contributed by atoms with van der Waals surface area (Å²) in [4.78, 5) is 26.0. The molecular formula is C21H26N2O4. The van der Waals surface area contributed by atoms with Crippen molar-refractivity contribution in [1.29, 1.82) is 0 Å². The molecule has 6 nitrogen and oxygen atoms in total. The van der Waals surface area contributed by atoms with Gasteiger partial charge < -0.3 is 14.8 Å². The van der Waals surface area contributed by atoms with Gasteiger partial charge >= 0.3 is 0 Å². The van der Waals surface area contributed by atoms with Crippen molar-refractivity contribution in [3.63, 3.8) is 0 Å². The van der Waals surface area contributed by atoms with Crippen LogP contribution in [0.25, 0.3) is 0 Å². The zero-order valence-corrected chi connectivity index (χ0v) is 16.4. The molecule has 0 spiro atoms. The second-order valence-electron chi connectivity index (χ2n) is 6.40. The lowest BCUT2D eigenvalue weighted by Crippen LogP contribution is -2.39. The molecule has 6 heteroatoms. The van der Waals surface area contributed by atoms with E-state index in [1.54, 1.807) is 38.5 Å². The van der Waals surface area contributed by atoms with Gasteiger partial charge in [0.1, 0.15) is 11.5 Å². The Hall–Kier alpha value is -2.86. The van der Waals surface area contributed by atoms with Crippen molar-refractivity contribution in [2.75, 3.05) is 26.6 Å². The maximum atomic E-state index is 12.6. The molecule has 0 aliphatic rings. The van der Waals surface area contributed by atoms with Crippen LogP contribution in [0.4, 0.5) is 5.69 Å². The molecule has 0 aromatic heterocycles. The fourth-order valence-electron chi connectivity index (χ4n) is 2.65. The molecule has 2 aromatic carbocycles. The number of anilines is 1. The van der Waals surface area contributed by atoms with Gasteiger partial charge in [-0.1, -0.05) is 18.2 Å². The van der Waals surface area contributed by atoms with E-state index in [1.165, 1.54) is 6.92 Å². The first-order valence-corrected chi connectivity index (χ1v) is 8.68. The number of ether oxygens (including phenoxy) is 2. The minimum atomic E-state index is -0.377. The number of nitrogens with zero attached hydrogens (tertiary/aromatic N) is 1. The number of carbonyl (C=O) groups is 2. The number of carbonyl (C=O) groups excluding carboxylic acids is 2. The van der Waals surface area contributed by atoms with E-state index in [0.29, 0.717) is 23.5 Å². The standard InChI is InChI=1S/C21H26N2O4/c1-14(21(25)22-18-8-6-7-16(11-18)15(2)24)23(3)13-17-9-10-19(26-4)12-20(17)27-5/h6-12,14H,13H2,1-5H3,(H,22,25). The first kappa shape index (κ1) is 20.5. The summed E-state index contributed by atoms with van der Waals surface area (Å²) >= 11 is 0. The second kappa shape index (κ2) is 9.19. The van der Waals surface area contributed by atoms with Crippen molar-refractivity contribution in [1.82, 2.24) is 4.90 Å². The molecular weight excluding hydrogens is 344 g/mol. The Morgan fingerprint density at radius 1 is 1.11 bits per heavy atom. The van der Waals surface area contributed by atoms with Gasteiger partial charge in [0.2, 0.25) is 5.91 Å². The van der Waals surface area contributed by atoms with Crippen LogP contribution in [0.15, 0.2) is 42.5 Å². The third-order valence-electron chi connectivity index (χ3n) is 4.49. The highest BCUT2D eigenvalue weighted by atomic mass is 16.5. The van der Waals surface area contributed by atoms with Gasteiger partial charge in [-0.3, -0.25) is 14.5 Å². The lowest BCUT2D eigenvalue weighted by Gasteiger charge is -2.25. The summed E-state index contributed by atoms with van der Waals surface area (Å²) in [6.45, 7) is 3.87. The molecule has 2 rings (SSSR count). The quantitative estimate of drug-likeness (QED) is 0.722. The summed E-state index contributed by atoms with van der Waals surface area (Å²) in [5.74, 6) is 1.24. The topological polar surface area (TPSA) is 67.9 Å². The first-order chi connectivity index (χ1) is 12.8. The van der Waals surface area contributed by atoms with E-state index >= 15 is 0 Å². The van der Waals surface area contributed by atoms with Crippen LogP contribution in [-0.4, -0.2) is 43.9 Å². The van der Waals surface area contributed by atoms with E-state index in [4.69, 9.17) is 9.47 Å². The number of amides is 1. The monoisotopic (exact) mass is 370 g/mol. The molecule has 0 aliphatic carbocycles. The van der Waals surface area contributed by atoms with Gasteiger partial charge in [-0.05, 0) is 39.1 Å². The predicted octanol–water partition coefficient (Wildman–Crippen LogP) is 3.37. The fourth-order valence-corrected chi connectivity index (χ4v) is 2.65. The van der Waals surface area contributed by atoms with E-state index < -0.39 is 0 Å². The highest BCUT2D eigenvalue weighted by Crippen LogP contribution is 2.26. The number of benzene rings is 2. The van der Waals surface area contributed by atoms with Crippen LogP contribution < -0.4 is 14.8 Å². The Kier molecular flexibility index (Phi) is 6.96. The molecule has 0 heterocycles. The van der Waals surface area contributed by atoms with E-state index in [2.05, 4.69) is 5.32 Å². The second-order valence-corrected chi connectivity index (χ2v) is 6.40. The molecule has 1 atom stereocenters. The number of nitrogens with one attached hydrogen (secondary N) is 1. The van der Waals surface area contributed by atoms with Crippen molar-refractivity contribution in [2.24, 2.45) is 0 Å². The Bertz CT molecular complexity index is 820. The maximum Gasteiger partial charge on any atom is 0.241 e. The van der Waals surface area contributed by atoms with Crippen LogP contribution in [0.1, 0.15) is 29.8 Å². The average Bonchev–Trinajstić information content (AvgIpc) is 2.67. The van der Waals surface area contributed by atoms with Crippen LogP contribution in [0.2, 0.25) is 0 Å². The van der Waals surface area contributed by atoms with E-state index in [0.717, 1.165) is 11.3 Å². The summed E-state index contributed by atoms with van der Waals surface area (Å²) in [5.41, 5.74) is 2.13. The number of methoxy groups -OCH3 is 2. The normalized spacial score (nSPS) is 11.8. The van der Waals surface area contributed by atoms with E-state index in [-0.39, 0.29) is 17.7 Å². The number of hydrogen-bond acceptors (Lipinski definition) is 5. The Balaban J connectivity index is 2.06. The lowest BCUT2D eigenvalue weighted by molar-refractivity contribution is -0.120. The predicted molar refractivity (Wildman–Crippen MR) is 106 cm³/mol. The molecule has 0 aliphatic heterocycles. The van der Waals surface area contributed by atoms with Crippen molar-refractivity contribution in [3.05, 3.63) is 53.6 Å². The highest BCUT2D eigenvalue weighted by molar-refractivity contribution is 5.98. The smallest absolute Gasteiger partial charge is 0.241 e. The van der Waals surface area contributed by atoms with Gasteiger partial charge in [0.25, 0.3) is 0 Å². The number of rotatable bonds is 8. The maximum absolute atomic E-state index is 12.6. The van der Waals surface area contributed by atoms with Crippen molar-refractivity contribution < 1.29 is 19.1 Å². The molecule has 1 unspecified atom stereocenters. The van der Waals surface area contributed by atoms with Gasteiger partial charge in [0.15, 0.2) is 5.78 Å². The molecule has 2 aromatic rings. The Labute approximate surface area is 160 Å². The Morgan fingerprint density at radius 2 is 1.85 bits per heavy atom. The minimum absolute atomic E-state index is 0.0390. The first-order valence-electron chi connectivity index (χ1n) is 8.68. The van der Waals surface area contributed by atoms with Crippen LogP contribution in [0.5, 0.6) is 11.5 Å². The number of Topliss-reactive ketones (excluding diaryl/α,β-unsaturated/α-hetero) is 1. The van der Waals surface area contributed by atoms with E-state index in [9.17, 15) is 9.59 Å². The molecule has 0 saturated heterocycles. The van der Waals surface area contributed by atoms with Crippen molar-refractivity contribution in [2.45, 2.75) is 26.4 Å². The summed E-state index contributed by atoms with van der Waals surface area (Å²) < 4.78 is 10.6. The molecule has 1 N–H and O–H groups in total. The molecule has 144 valence electrons. The number of likely N-dealkylation sites (N-methyl/N-ethyl adjacent to an activating group) is 1. The van der Waals surface area contributed by atoms with Gasteiger partial charge in [-0.2, -0.15) is 0 Å². The molecule has 1 amide bonds. The largest absolute Gasteiger partial charge is 0.497 e. The van der Waals surface area contributed by atoms with Gasteiger partial charge in [0, 0.05) is 29.4 Å². The van der Waals surface area contributed by atoms with Gasteiger partial charge in [-0.25, -0.2) is 0 Å². The summed E-state index contributed by atoms with van der Waals surface area (Å²) in [5, 5.41) is 2.87. The van der Waals surface area contributed by atoms with Crippen LogP contribution >= 0.6 is 0 Å². The Morgan fingerprint density at radius 3 is 2.48 bits per heavy atom. The van der Waals surface area contributed by atoms with Crippen LogP contribution in [0.3, 0.4) is 0 Å². The molecule has 0 radical (unpaired) electrons. The van der Waals surface area contributed by atoms with Crippen molar-refractivity contribution in [3.8, 4) is 11.5 Å². The molecule has 0 bridgehead atoms. The summed E-state index contributed by atoms with van der Waals surface area (Å²) in [6, 6.07) is 12.2. The molecule has 0 saturated carbocycles. The summed E-state index contributed by atoms with van der Waals surface area (Å²) in [6.07, 6.45) is 0. The SMILES string of the molecule is COc1ccc(CN(C)C(C)C(=O)Nc2cccc(C(C)=O)c2)c(OC)c1. The van der Waals surface area contributed by atoms with Gasteiger partial charge in [0.05, 0.1) is 20.3 Å². The molecule has 27 heavy (non-hydrogen) atoms. The van der Waals surface area contributed by atoms with Crippen molar-refractivity contribution >= 4 is 17.4 Å². The van der Waals surface area contributed by atoms with Crippen LogP contribution in [-0.2, 0) is 11.3 Å². The number of hydrogen-bond donors (Lipinski definition) is 1. The fraction of sp³-hybridized carbons (Fsp3) is 0.333. The summed E-state index contributed by atoms with van der Waals surface area (Å²) in [7, 11) is 5.09. The molecule has 0 fully saturated rings. The van der Waals surface area contributed by atoms with Crippen LogP contribution in [0, 0.1) is 0 Å². The third-order valence-corrected chi connectivity index (χ3v) is 4.49. The zero-order valence-electron chi connectivity index (χ0n) is 16.4. The van der Waals surface area contributed by atoms with E-state index in [1.807, 2.05) is 37.1 Å². The zero-order chi connectivity index (χ0) is 20.0. The minimum Gasteiger partial charge on any atom is -0.497 e. The number of ketones is 1. The third kappa shape index (κ3) is 5.31. The lowest BCUT2D eigenvalue weighted by atomic mass is 10.1. The average molecular weight is 370 g/mol. The van der Waals surface area contributed by atoms with Gasteiger partial charge in [-0.15, -0.1) is 0 Å².